The van der Waals surface area contributed by atoms with Gasteiger partial charge >= 0.3 is 5.97 Å². The van der Waals surface area contributed by atoms with Crippen molar-refractivity contribution in [2.24, 2.45) is 0 Å². The maximum absolute atomic E-state index is 13.1. The van der Waals surface area contributed by atoms with E-state index in [2.05, 4.69) is 5.32 Å². The minimum Gasteiger partial charge on any atom is -0.489 e. The minimum absolute atomic E-state index is 0.0214. The van der Waals surface area contributed by atoms with Crippen LogP contribution in [0.15, 0.2) is 96.2 Å². The summed E-state index contributed by atoms with van der Waals surface area (Å²) in [6.07, 6.45) is 3.53. The Morgan fingerprint density at radius 1 is 0.824 bits per heavy atom. The molecule has 0 saturated heterocycles. The number of carboxylic acid groups (broad SMARTS) is 1. The Kier molecular flexibility index (Phi) is 7.76. The highest BCUT2D eigenvalue weighted by Crippen LogP contribution is 2.27. The van der Waals surface area contributed by atoms with Crippen LogP contribution < -0.4 is 10.1 Å². The lowest BCUT2D eigenvalue weighted by molar-refractivity contribution is -0.139. The summed E-state index contributed by atoms with van der Waals surface area (Å²) < 4.78 is 5.83. The molecule has 3 aromatic rings. The first-order valence-corrected chi connectivity index (χ1v) is 11.7. The van der Waals surface area contributed by atoms with Gasteiger partial charge in [0, 0.05) is 23.3 Å². The van der Waals surface area contributed by atoms with E-state index in [1.165, 1.54) is 0 Å². The lowest BCUT2D eigenvalue weighted by atomic mass is 9.90. The van der Waals surface area contributed by atoms with Gasteiger partial charge in [0.25, 0.3) is 0 Å². The molecule has 0 bridgehead atoms. The first kappa shape index (κ1) is 23.3. The Bertz CT molecular complexity index is 1140. The molecule has 0 aromatic heterocycles. The maximum atomic E-state index is 13.1. The number of benzene rings is 3. The molecule has 1 aliphatic carbocycles. The summed E-state index contributed by atoms with van der Waals surface area (Å²) >= 11 is 0. The molecule has 0 saturated carbocycles. The molecule has 3 aromatic carbocycles. The predicted molar refractivity (Wildman–Crippen MR) is 132 cm³/mol. The van der Waals surface area contributed by atoms with Crippen molar-refractivity contribution >= 4 is 11.8 Å². The van der Waals surface area contributed by atoms with Crippen LogP contribution in [-0.2, 0) is 17.8 Å². The highest BCUT2D eigenvalue weighted by Gasteiger charge is 2.25. The number of carbonyl (C=O) groups is 2. The molecular formula is C29H29NO4. The van der Waals surface area contributed by atoms with E-state index in [9.17, 15) is 14.7 Å². The lowest BCUT2D eigenvalue weighted by Gasteiger charge is -2.25. The van der Waals surface area contributed by atoms with Gasteiger partial charge in [-0.2, -0.15) is 0 Å². The number of nitrogens with one attached hydrogen (secondary N) is 1. The monoisotopic (exact) mass is 455 g/mol. The summed E-state index contributed by atoms with van der Waals surface area (Å²) in [5.41, 5.74) is 4.07. The number of aliphatic carboxylic acids is 1. The Hall–Kier alpha value is -3.86. The van der Waals surface area contributed by atoms with Crippen LogP contribution in [0.25, 0.3) is 0 Å². The molecule has 4 rings (SSSR count). The maximum Gasteiger partial charge on any atom is 0.326 e. The Balaban J connectivity index is 1.44. The van der Waals surface area contributed by atoms with Gasteiger partial charge in [-0.3, -0.25) is 4.79 Å². The van der Waals surface area contributed by atoms with Crippen molar-refractivity contribution < 1.29 is 19.4 Å². The predicted octanol–water partition coefficient (Wildman–Crippen LogP) is 5.56. The van der Waals surface area contributed by atoms with Gasteiger partial charge in [0.1, 0.15) is 18.4 Å². The highest BCUT2D eigenvalue weighted by molar-refractivity contribution is 6.09. The molecule has 5 heteroatoms. The van der Waals surface area contributed by atoms with E-state index in [-0.39, 0.29) is 5.78 Å². The van der Waals surface area contributed by atoms with E-state index in [1.807, 2.05) is 72.8 Å². The molecule has 0 unspecified atom stereocenters. The summed E-state index contributed by atoms with van der Waals surface area (Å²) in [6, 6.07) is 25.8. The van der Waals surface area contributed by atoms with Crippen LogP contribution in [0.1, 0.15) is 47.2 Å². The Morgan fingerprint density at radius 3 is 2.15 bits per heavy atom. The average Bonchev–Trinajstić information content (AvgIpc) is 2.89. The number of ether oxygens (including phenoxy) is 1. The first-order valence-electron chi connectivity index (χ1n) is 11.7. The number of allylic oxidation sites excluding steroid dienone is 2. The van der Waals surface area contributed by atoms with Gasteiger partial charge in [0.05, 0.1) is 0 Å². The van der Waals surface area contributed by atoms with Gasteiger partial charge in [-0.15, -0.1) is 0 Å². The van der Waals surface area contributed by atoms with Gasteiger partial charge in [-0.1, -0.05) is 72.8 Å². The molecule has 0 heterocycles. The van der Waals surface area contributed by atoms with Gasteiger partial charge in [0.15, 0.2) is 5.78 Å². The molecule has 2 N–H and O–H groups in total. The number of rotatable bonds is 10. The molecule has 1 aliphatic rings. The second-order valence-corrected chi connectivity index (χ2v) is 8.52. The van der Waals surface area contributed by atoms with Crippen molar-refractivity contribution in [2.45, 2.75) is 44.8 Å². The molecule has 0 spiro atoms. The number of carbonyl (C=O) groups excluding carboxylic acids is 1. The minimum atomic E-state index is -0.936. The zero-order valence-electron chi connectivity index (χ0n) is 19.1. The van der Waals surface area contributed by atoms with E-state index < -0.39 is 12.0 Å². The molecule has 34 heavy (non-hydrogen) atoms. The summed E-state index contributed by atoms with van der Waals surface area (Å²) in [4.78, 5) is 25.1. The van der Waals surface area contributed by atoms with Gasteiger partial charge in [0.2, 0.25) is 0 Å². The third kappa shape index (κ3) is 6.13. The summed E-state index contributed by atoms with van der Waals surface area (Å²) in [7, 11) is 0. The fraction of sp³-hybridized carbons (Fsp3) is 0.241. The van der Waals surface area contributed by atoms with Crippen molar-refractivity contribution in [1.82, 2.24) is 5.32 Å². The second-order valence-electron chi connectivity index (χ2n) is 8.52. The number of hydrogen-bond acceptors (Lipinski definition) is 4. The largest absolute Gasteiger partial charge is 0.489 e. The smallest absolute Gasteiger partial charge is 0.326 e. The van der Waals surface area contributed by atoms with Crippen LogP contribution in [0, 0.1) is 0 Å². The zero-order chi connectivity index (χ0) is 23.8. The third-order valence-electron chi connectivity index (χ3n) is 6.04. The SMILES string of the molecule is O=C(C1=C(N[C@@H](Cc2ccc(OCc3ccccc3)cc2)C(=O)O)CCCC1)c1ccccc1. The lowest BCUT2D eigenvalue weighted by Crippen LogP contribution is -2.39. The van der Waals surface area contributed by atoms with Crippen molar-refractivity contribution in [3.05, 3.63) is 113 Å². The van der Waals surface area contributed by atoms with Gasteiger partial charge in [-0.25, -0.2) is 4.79 Å². The van der Waals surface area contributed by atoms with Crippen LogP contribution in [-0.4, -0.2) is 22.9 Å². The van der Waals surface area contributed by atoms with Crippen molar-refractivity contribution in [3.63, 3.8) is 0 Å². The van der Waals surface area contributed by atoms with Gasteiger partial charge < -0.3 is 15.2 Å². The van der Waals surface area contributed by atoms with Crippen LogP contribution in [0.2, 0.25) is 0 Å². The zero-order valence-corrected chi connectivity index (χ0v) is 19.1. The van der Waals surface area contributed by atoms with Crippen molar-refractivity contribution in [1.29, 1.82) is 0 Å². The van der Waals surface area contributed by atoms with E-state index >= 15 is 0 Å². The van der Waals surface area contributed by atoms with Crippen LogP contribution >= 0.6 is 0 Å². The summed E-state index contributed by atoms with van der Waals surface area (Å²) in [5.74, 6) is -0.223. The Morgan fingerprint density at radius 2 is 1.47 bits per heavy atom. The fourth-order valence-corrected chi connectivity index (χ4v) is 4.19. The number of Topliss-reactive ketones (excluding diaryl/α,β-unsaturated/α-hetero) is 1. The van der Waals surface area contributed by atoms with E-state index in [0.717, 1.165) is 35.4 Å². The van der Waals surface area contributed by atoms with Crippen LogP contribution in [0.4, 0.5) is 0 Å². The van der Waals surface area contributed by atoms with Crippen LogP contribution in [0.3, 0.4) is 0 Å². The molecule has 0 amide bonds. The Labute approximate surface area is 200 Å². The van der Waals surface area contributed by atoms with E-state index in [4.69, 9.17) is 4.74 Å². The third-order valence-corrected chi connectivity index (χ3v) is 6.04. The molecule has 0 radical (unpaired) electrons. The fourth-order valence-electron chi connectivity index (χ4n) is 4.19. The number of carboxylic acids is 1. The normalized spacial score (nSPS) is 14.4. The quantitative estimate of drug-likeness (QED) is 0.391. The average molecular weight is 456 g/mol. The number of hydrogen-bond donors (Lipinski definition) is 2. The molecule has 174 valence electrons. The highest BCUT2D eigenvalue weighted by atomic mass is 16.5. The van der Waals surface area contributed by atoms with E-state index in [1.54, 1.807) is 12.1 Å². The molecule has 0 fully saturated rings. The standard InChI is InChI=1S/C29H29NO4/c31-28(23-11-5-2-6-12-23)25-13-7-8-14-26(25)30-27(29(32)33)19-21-15-17-24(18-16-21)34-20-22-9-3-1-4-10-22/h1-6,9-12,15-18,27,30H,7-8,13-14,19-20H2,(H,32,33)/t27-/m0/s1. The number of ketones is 1. The molecular weight excluding hydrogens is 426 g/mol. The second kappa shape index (κ2) is 11.3. The molecule has 1 atom stereocenters. The van der Waals surface area contributed by atoms with Crippen molar-refractivity contribution in [3.8, 4) is 5.75 Å². The van der Waals surface area contributed by atoms with Crippen LogP contribution in [0.5, 0.6) is 5.75 Å². The van der Waals surface area contributed by atoms with E-state index in [0.29, 0.717) is 37.0 Å². The topological polar surface area (TPSA) is 75.6 Å². The molecule has 0 aliphatic heterocycles. The van der Waals surface area contributed by atoms with Gasteiger partial charge in [-0.05, 0) is 48.9 Å². The first-order chi connectivity index (χ1) is 16.6. The van der Waals surface area contributed by atoms with Crippen molar-refractivity contribution in [2.75, 3.05) is 0 Å². The summed E-state index contributed by atoms with van der Waals surface area (Å²) in [6.45, 7) is 0.478. The summed E-state index contributed by atoms with van der Waals surface area (Å²) in [5, 5.41) is 13.1. The molecule has 5 nitrogen and oxygen atoms in total.